The first-order valence-corrected chi connectivity index (χ1v) is 7.76. The summed E-state index contributed by atoms with van der Waals surface area (Å²) in [5.41, 5.74) is 1.86. The van der Waals surface area contributed by atoms with E-state index in [1.807, 2.05) is 33.8 Å². The van der Waals surface area contributed by atoms with Gasteiger partial charge in [0, 0.05) is 25.1 Å². The molecule has 0 bridgehead atoms. The van der Waals surface area contributed by atoms with E-state index < -0.39 is 0 Å². The van der Waals surface area contributed by atoms with E-state index in [9.17, 15) is 9.50 Å². The average Bonchev–Trinajstić information content (AvgIpc) is 2.47. The molecule has 23 heavy (non-hydrogen) atoms. The Morgan fingerprint density at radius 3 is 2.57 bits per heavy atom. The summed E-state index contributed by atoms with van der Waals surface area (Å²) in [5, 5.41) is 15.7. The van der Waals surface area contributed by atoms with Crippen molar-refractivity contribution < 1.29 is 9.50 Å². The van der Waals surface area contributed by atoms with E-state index >= 15 is 0 Å². The van der Waals surface area contributed by atoms with Gasteiger partial charge in [-0.05, 0) is 43.5 Å². The molecule has 0 saturated carbocycles. The minimum atomic E-state index is -0.226. The van der Waals surface area contributed by atoms with E-state index in [-0.39, 0.29) is 41.8 Å². The highest BCUT2D eigenvalue weighted by Crippen LogP contribution is 2.13. The van der Waals surface area contributed by atoms with Crippen molar-refractivity contribution >= 4 is 29.9 Å². The van der Waals surface area contributed by atoms with Crippen molar-refractivity contribution in [3.63, 3.8) is 0 Å². The van der Waals surface area contributed by atoms with Crippen LogP contribution in [0.15, 0.2) is 23.2 Å². The van der Waals surface area contributed by atoms with Crippen LogP contribution in [0.3, 0.4) is 0 Å². The fraction of sp³-hybridized carbons (Fsp3) is 0.588. The molecule has 0 atom stereocenters. The van der Waals surface area contributed by atoms with Crippen molar-refractivity contribution in [3.05, 3.63) is 35.1 Å². The highest BCUT2D eigenvalue weighted by molar-refractivity contribution is 14.0. The molecule has 0 aliphatic rings. The lowest BCUT2D eigenvalue weighted by Crippen LogP contribution is -2.39. The summed E-state index contributed by atoms with van der Waals surface area (Å²) in [6, 6.07) is 4.87. The summed E-state index contributed by atoms with van der Waals surface area (Å²) in [6.07, 6.45) is 0.805. The van der Waals surface area contributed by atoms with Crippen LogP contribution >= 0.6 is 24.0 Å². The average molecular weight is 437 g/mol. The second-order valence-electron chi connectivity index (χ2n) is 6.27. The molecule has 1 aromatic carbocycles. The summed E-state index contributed by atoms with van der Waals surface area (Å²) in [7, 11) is 0. The van der Waals surface area contributed by atoms with Gasteiger partial charge < -0.3 is 15.7 Å². The van der Waals surface area contributed by atoms with Crippen LogP contribution < -0.4 is 10.6 Å². The molecule has 0 radical (unpaired) electrons. The predicted octanol–water partition coefficient (Wildman–Crippen LogP) is 2.87. The quantitative estimate of drug-likeness (QED) is 0.350. The Labute approximate surface area is 156 Å². The van der Waals surface area contributed by atoms with Gasteiger partial charge >= 0.3 is 0 Å². The molecule has 0 heterocycles. The lowest BCUT2D eigenvalue weighted by molar-refractivity contribution is 0.167. The van der Waals surface area contributed by atoms with Crippen LogP contribution in [-0.4, -0.2) is 37.3 Å². The number of aliphatic hydroxyl groups is 1. The summed E-state index contributed by atoms with van der Waals surface area (Å²) in [4.78, 5) is 4.50. The zero-order valence-corrected chi connectivity index (χ0v) is 16.8. The van der Waals surface area contributed by atoms with E-state index in [1.54, 1.807) is 6.07 Å². The van der Waals surface area contributed by atoms with Gasteiger partial charge in [0.25, 0.3) is 0 Å². The first-order chi connectivity index (χ1) is 10.4. The molecule has 4 nitrogen and oxygen atoms in total. The third-order valence-electron chi connectivity index (χ3n) is 3.43. The molecule has 132 valence electrons. The van der Waals surface area contributed by atoms with Crippen LogP contribution in [0.2, 0.25) is 0 Å². The molecule has 0 saturated heterocycles. The number of hydrogen-bond donors (Lipinski definition) is 3. The minimum absolute atomic E-state index is 0. The lowest BCUT2D eigenvalue weighted by Gasteiger charge is -2.20. The third-order valence-corrected chi connectivity index (χ3v) is 3.43. The summed E-state index contributed by atoms with van der Waals surface area (Å²) in [6.45, 7) is 10.0. The fourth-order valence-corrected chi connectivity index (χ4v) is 1.94. The Balaban J connectivity index is 0.00000484. The molecular weight excluding hydrogens is 408 g/mol. The van der Waals surface area contributed by atoms with Crippen molar-refractivity contribution in [2.24, 2.45) is 10.4 Å². The van der Waals surface area contributed by atoms with Crippen molar-refractivity contribution in [1.82, 2.24) is 10.6 Å². The van der Waals surface area contributed by atoms with Crippen LogP contribution in [0.5, 0.6) is 0 Å². The van der Waals surface area contributed by atoms with E-state index in [0.717, 1.165) is 36.6 Å². The first kappa shape index (κ1) is 22.1. The molecule has 1 aromatic rings. The summed E-state index contributed by atoms with van der Waals surface area (Å²) >= 11 is 0. The minimum Gasteiger partial charge on any atom is -0.396 e. The molecule has 0 spiro atoms. The number of guanidine groups is 1. The Morgan fingerprint density at radius 1 is 1.30 bits per heavy atom. The highest BCUT2D eigenvalue weighted by Gasteiger charge is 2.15. The number of halogens is 2. The topological polar surface area (TPSA) is 56.7 Å². The number of aliphatic hydroxyl groups excluding tert-OH is 1. The second kappa shape index (κ2) is 10.8. The van der Waals surface area contributed by atoms with Crippen LogP contribution in [0.4, 0.5) is 4.39 Å². The van der Waals surface area contributed by atoms with Gasteiger partial charge in [-0.3, -0.25) is 4.99 Å². The SMILES string of the molecule is CCNC(=NCC(C)(C)CO)NCCc1ccc(F)cc1C.I. The van der Waals surface area contributed by atoms with E-state index in [4.69, 9.17) is 0 Å². The highest BCUT2D eigenvalue weighted by atomic mass is 127. The number of nitrogens with one attached hydrogen (secondary N) is 2. The molecule has 0 aliphatic carbocycles. The smallest absolute Gasteiger partial charge is 0.191 e. The number of nitrogens with zero attached hydrogens (tertiary/aromatic N) is 1. The second-order valence-corrected chi connectivity index (χ2v) is 6.27. The zero-order chi connectivity index (χ0) is 16.6. The maximum absolute atomic E-state index is 13.1. The molecule has 0 fully saturated rings. The number of rotatable bonds is 7. The van der Waals surface area contributed by atoms with Gasteiger partial charge in [0.2, 0.25) is 0 Å². The standard InChI is InChI=1S/C17H28FN3O.HI/c1-5-19-16(21-11-17(3,4)12-22)20-9-8-14-6-7-15(18)10-13(14)2;/h6-7,10,22H,5,8-9,11-12H2,1-4H3,(H2,19,20,21);1H. The molecule has 0 aliphatic heterocycles. The molecule has 3 N–H and O–H groups in total. The summed E-state index contributed by atoms with van der Waals surface area (Å²) in [5.74, 6) is 0.541. The number of hydrogen-bond acceptors (Lipinski definition) is 2. The monoisotopic (exact) mass is 437 g/mol. The van der Waals surface area contributed by atoms with Crippen LogP contribution in [0.1, 0.15) is 31.9 Å². The van der Waals surface area contributed by atoms with Gasteiger partial charge in [-0.2, -0.15) is 0 Å². The molecular formula is C17H29FIN3O. The van der Waals surface area contributed by atoms with Gasteiger partial charge in [-0.25, -0.2) is 4.39 Å². The van der Waals surface area contributed by atoms with Gasteiger partial charge in [0.15, 0.2) is 5.96 Å². The van der Waals surface area contributed by atoms with E-state index in [2.05, 4.69) is 15.6 Å². The molecule has 1 rings (SSSR count). The predicted molar refractivity (Wildman–Crippen MR) is 105 cm³/mol. The van der Waals surface area contributed by atoms with E-state index in [1.165, 1.54) is 6.07 Å². The number of benzene rings is 1. The van der Waals surface area contributed by atoms with Crippen LogP contribution in [0.25, 0.3) is 0 Å². The third kappa shape index (κ3) is 8.50. The number of aryl methyl sites for hydroxylation is 1. The molecule has 6 heteroatoms. The van der Waals surface area contributed by atoms with Crippen molar-refractivity contribution in [2.75, 3.05) is 26.2 Å². The van der Waals surface area contributed by atoms with Gasteiger partial charge in [-0.15, -0.1) is 24.0 Å². The van der Waals surface area contributed by atoms with Crippen molar-refractivity contribution in [2.45, 2.75) is 34.1 Å². The van der Waals surface area contributed by atoms with Gasteiger partial charge in [0.1, 0.15) is 5.82 Å². The van der Waals surface area contributed by atoms with Crippen LogP contribution in [-0.2, 0) is 6.42 Å². The summed E-state index contributed by atoms with van der Waals surface area (Å²) < 4.78 is 13.1. The largest absolute Gasteiger partial charge is 0.396 e. The Hall–Kier alpha value is -0.890. The first-order valence-electron chi connectivity index (χ1n) is 7.76. The maximum Gasteiger partial charge on any atom is 0.191 e. The van der Waals surface area contributed by atoms with Crippen LogP contribution in [0, 0.1) is 18.2 Å². The number of aliphatic imine (C=N–C) groups is 1. The lowest BCUT2D eigenvalue weighted by atomic mass is 9.95. The Bertz CT molecular complexity index is 507. The molecule has 0 amide bonds. The normalized spacial score (nSPS) is 11.8. The maximum atomic E-state index is 13.1. The molecule has 0 unspecified atom stereocenters. The van der Waals surface area contributed by atoms with Crippen molar-refractivity contribution in [3.8, 4) is 0 Å². The Morgan fingerprint density at radius 2 is 2.00 bits per heavy atom. The van der Waals surface area contributed by atoms with Crippen molar-refractivity contribution in [1.29, 1.82) is 0 Å². The fourth-order valence-electron chi connectivity index (χ4n) is 1.94. The van der Waals surface area contributed by atoms with Gasteiger partial charge in [-0.1, -0.05) is 19.9 Å². The zero-order valence-electron chi connectivity index (χ0n) is 14.4. The van der Waals surface area contributed by atoms with Gasteiger partial charge in [0.05, 0.1) is 6.54 Å². The Kier molecular flexibility index (Phi) is 10.4. The van der Waals surface area contributed by atoms with E-state index in [0.29, 0.717) is 6.54 Å². The molecule has 0 aromatic heterocycles.